The van der Waals surface area contributed by atoms with E-state index < -0.39 is 0 Å². The van der Waals surface area contributed by atoms with E-state index in [1.165, 1.54) is 49.2 Å². The molecule has 0 fully saturated rings. The number of hydrogen-bond acceptors (Lipinski definition) is 6. The van der Waals surface area contributed by atoms with E-state index in [2.05, 4.69) is 68.1 Å². The minimum absolute atomic E-state index is 0.117. The summed E-state index contributed by atoms with van der Waals surface area (Å²) in [7, 11) is 0. The Hall–Kier alpha value is -4.50. The highest BCUT2D eigenvalue weighted by molar-refractivity contribution is 9.09. The molecule has 0 saturated carbocycles. The third-order valence-electron chi connectivity index (χ3n) is 7.79. The summed E-state index contributed by atoms with van der Waals surface area (Å²) in [6.45, 7) is 14.8. The van der Waals surface area contributed by atoms with E-state index in [0.29, 0.717) is 35.3 Å². The Morgan fingerprint density at radius 2 is 0.849 bits per heavy atom. The average molecular weight is 792 g/mol. The van der Waals surface area contributed by atoms with Crippen LogP contribution in [0.1, 0.15) is 101 Å². The lowest BCUT2D eigenvalue weighted by Crippen LogP contribution is -2.11. The monoisotopic (exact) mass is 790 g/mol. The molecule has 0 saturated heterocycles. The van der Waals surface area contributed by atoms with Crippen LogP contribution in [0.5, 0.6) is 23.0 Å². The van der Waals surface area contributed by atoms with Crippen LogP contribution < -0.4 is 20.1 Å². The largest absolute Gasteiger partial charge is 0.508 e. The van der Waals surface area contributed by atoms with Gasteiger partial charge in [-0.2, -0.15) is 0 Å². The molecule has 9 heteroatoms. The van der Waals surface area contributed by atoms with Gasteiger partial charge >= 0.3 is 0 Å². The van der Waals surface area contributed by atoms with Gasteiger partial charge in [0, 0.05) is 27.8 Å². The number of rotatable bonds is 17. The smallest absolute Gasteiger partial charge is 0.255 e. The van der Waals surface area contributed by atoms with Crippen molar-refractivity contribution in [1.82, 2.24) is 0 Å². The molecule has 0 spiro atoms. The molecule has 0 atom stereocenters. The predicted octanol–water partition coefficient (Wildman–Crippen LogP) is 11.7. The number of aromatic hydroxyl groups is 2. The van der Waals surface area contributed by atoms with Crippen molar-refractivity contribution in [3.05, 3.63) is 108 Å². The second-order valence-corrected chi connectivity index (χ2v) is 14.8. The van der Waals surface area contributed by atoms with Crippen LogP contribution in [-0.4, -0.2) is 40.6 Å². The number of amides is 2. The van der Waals surface area contributed by atoms with Crippen molar-refractivity contribution < 1.29 is 29.3 Å². The molecule has 4 rings (SSSR count). The van der Waals surface area contributed by atoms with Crippen LogP contribution in [0.3, 0.4) is 0 Å². The molecule has 0 unspecified atom stereocenters. The van der Waals surface area contributed by atoms with E-state index in [-0.39, 0.29) is 23.3 Å². The molecular formula is C44H59BrN2O6. The molecule has 8 nitrogen and oxygen atoms in total. The zero-order valence-corrected chi connectivity index (χ0v) is 33.8. The van der Waals surface area contributed by atoms with Gasteiger partial charge in [0.2, 0.25) is 0 Å². The highest BCUT2D eigenvalue weighted by Crippen LogP contribution is 2.19. The topological polar surface area (TPSA) is 117 Å². The van der Waals surface area contributed by atoms with E-state index >= 15 is 0 Å². The Balaban J connectivity index is 0.000000338. The first-order valence-corrected chi connectivity index (χ1v) is 19.7. The number of phenolic OH excluding ortho intramolecular Hbond substituents is 2. The SMILES string of the molecule is CC(C)CCCBr.CC(C)CCCOc1ccc(NC(=O)c2ccc(OCCCC(C)C)cc2)cc1.O=C(Nc1ccc(O)cc1)c1ccc(O)cc1. The summed E-state index contributed by atoms with van der Waals surface area (Å²) in [5.41, 5.74) is 2.41. The summed E-state index contributed by atoms with van der Waals surface area (Å²) in [6.07, 6.45) is 7.08. The number of ether oxygens (including phenoxy) is 2. The van der Waals surface area contributed by atoms with Crippen molar-refractivity contribution in [3.63, 3.8) is 0 Å². The summed E-state index contributed by atoms with van der Waals surface area (Å²) >= 11 is 3.38. The third kappa shape index (κ3) is 20.4. The maximum atomic E-state index is 12.4. The zero-order chi connectivity index (χ0) is 39.0. The molecule has 4 N–H and O–H groups in total. The van der Waals surface area contributed by atoms with Crippen LogP contribution in [0, 0.1) is 17.8 Å². The van der Waals surface area contributed by atoms with Gasteiger partial charge in [0.1, 0.15) is 23.0 Å². The average Bonchev–Trinajstić information content (AvgIpc) is 3.13. The highest BCUT2D eigenvalue weighted by Gasteiger charge is 2.08. The fraction of sp³-hybridized carbons (Fsp3) is 0.409. The molecule has 0 aliphatic heterocycles. The number of nitrogens with one attached hydrogen (secondary N) is 2. The lowest BCUT2D eigenvalue weighted by Gasteiger charge is -2.10. The predicted molar refractivity (Wildman–Crippen MR) is 222 cm³/mol. The highest BCUT2D eigenvalue weighted by atomic mass is 79.9. The van der Waals surface area contributed by atoms with Gasteiger partial charge in [0.05, 0.1) is 13.2 Å². The van der Waals surface area contributed by atoms with Crippen LogP contribution in [0.2, 0.25) is 0 Å². The Morgan fingerprint density at radius 3 is 1.21 bits per heavy atom. The summed E-state index contributed by atoms with van der Waals surface area (Å²) in [4.78, 5) is 24.2. The summed E-state index contributed by atoms with van der Waals surface area (Å²) in [5, 5.41) is 24.9. The molecular weight excluding hydrogens is 732 g/mol. The molecule has 0 radical (unpaired) electrons. The quantitative estimate of drug-likeness (QED) is 0.0481. The van der Waals surface area contributed by atoms with Gasteiger partial charge in [-0.15, -0.1) is 0 Å². The number of phenols is 2. The van der Waals surface area contributed by atoms with Gasteiger partial charge in [-0.1, -0.05) is 63.9 Å². The third-order valence-corrected chi connectivity index (χ3v) is 8.35. The van der Waals surface area contributed by atoms with Gasteiger partial charge in [0.25, 0.3) is 11.8 Å². The van der Waals surface area contributed by atoms with Crippen molar-refractivity contribution in [2.24, 2.45) is 17.8 Å². The lowest BCUT2D eigenvalue weighted by molar-refractivity contribution is 0.101. The van der Waals surface area contributed by atoms with Gasteiger partial charge < -0.3 is 30.3 Å². The van der Waals surface area contributed by atoms with Crippen LogP contribution in [0.4, 0.5) is 11.4 Å². The summed E-state index contributed by atoms with van der Waals surface area (Å²) in [5.74, 6) is 3.74. The molecule has 0 aromatic heterocycles. The van der Waals surface area contributed by atoms with Crippen LogP contribution in [-0.2, 0) is 0 Å². The minimum Gasteiger partial charge on any atom is -0.508 e. The summed E-state index contributed by atoms with van der Waals surface area (Å²) in [6, 6.07) is 26.9. The van der Waals surface area contributed by atoms with Crippen molar-refractivity contribution in [2.75, 3.05) is 29.2 Å². The number of hydrogen-bond donors (Lipinski definition) is 4. The standard InChI is InChI=1S/C25H35NO3.C13H11NO3.C6H13Br/c1-19(2)7-5-17-28-23-13-9-21(10-14-23)25(27)26-22-11-15-24(16-12-22)29-18-6-8-20(3)4;15-11-5-1-9(2-6-11)13(17)14-10-3-7-12(16)8-4-10;1-6(2)4-3-5-7/h9-16,19-20H,5-8,17-18H2,1-4H3,(H,26,27);1-8,15-16H,(H,14,17);6H,3-5H2,1-2H3. The van der Waals surface area contributed by atoms with E-state index in [1.807, 2.05) is 36.4 Å². The lowest BCUT2D eigenvalue weighted by atomic mass is 10.1. The molecule has 0 heterocycles. The van der Waals surface area contributed by atoms with E-state index in [1.54, 1.807) is 24.3 Å². The number of carbonyl (C=O) groups is 2. The first kappa shape index (κ1) is 44.7. The Morgan fingerprint density at radius 1 is 0.528 bits per heavy atom. The summed E-state index contributed by atoms with van der Waals surface area (Å²) < 4.78 is 11.5. The number of benzene rings is 4. The second-order valence-electron chi connectivity index (χ2n) is 14.0. The van der Waals surface area contributed by atoms with Crippen LogP contribution >= 0.6 is 15.9 Å². The number of halogens is 1. The Bertz CT molecular complexity index is 1570. The molecule has 4 aromatic rings. The van der Waals surface area contributed by atoms with Gasteiger partial charge in [-0.3, -0.25) is 9.59 Å². The minimum atomic E-state index is -0.268. The van der Waals surface area contributed by atoms with Crippen molar-refractivity contribution >= 4 is 39.1 Å². The molecule has 288 valence electrons. The number of anilines is 2. The molecule has 0 bridgehead atoms. The first-order valence-electron chi connectivity index (χ1n) is 18.6. The number of alkyl halides is 1. The van der Waals surface area contributed by atoms with Crippen LogP contribution in [0.15, 0.2) is 97.1 Å². The fourth-order valence-electron chi connectivity index (χ4n) is 4.75. The van der Waals surface area contributed by atoms with Crippen molar-refractivity contribution in [2.45, 2.75) is 80.1 Å². The fourth-order valence-corrected chi connectivity index (χ4v) is 5.07. The van der Waals surface area contributed by atoms with E-state index in [4.69, 9.17) is 19.7 Å². The molecule has 0 aliphatic carbocycles. The normalized spacial score (nSPS) is 10.5. The molecule has 2 amide bonds. The van der Waals surface area contributed by atoms with Crippen molar-refractivity contribution in [1.29, 1.82) is 0 Å². The molecule has 53 heavy (non-hydrogen) atoms. The maximum absolute atomic E-state index is 12.4. The first-order chi connectivity index (χ1) is 25.4. The maximum Gasteiger partial charge on any atom is 0.255 e. The Labute approximate surface area is 325 Å². The second kappa shape index (κ2) is 25.5. The Kier molecular flexibility index (Phi) is 21.5. The van der Waals surface area contributed by atoms with E-state index in [0.717, 1.165) is 60.7 Å². The van der Waals surface area contributed by atoms with E-state index in [9.17, 15) is 9.59 Å². The van der Waals surface area contributed by atoms with Gasteiger partial charge in [-0.25, -0.2) is 0 Å². The van der Waals surface area contributed by atoms with Gasteiger partial charge in [-0.05, 0) is 147 Å². The van der Waals surface area contributed by atoms with Crippen LogP contribution in [0.25, 0.3) is 0 Å². The molecule has 4 aromatic carbocycles. The number of carbonyl (C=O) groups excluding carboxylic acids is 2. The van der Waals surface area contributed by atoms with Crippen molar-refractivity contribution in [3.8, 4) is 23.0 Å². The molecule has 0 aliphatic rings. The zero-order valence-electron chi connectivity index (χ0n) is 32.2. The van der Waals surface area contributed by atoms with Gasteiger partial charge in [0.15, 0.2) is 0 Å².